The summed E-state index contributed by atoms with van der Waals surface area (Å²) in [6.45, 7) is 10.7. The smallest absolute Gasteiger partial charge is 0.232 e. The first kappa shape index (κ1) is 20.1. The van der Waals surface area contributed by atoms with Gasteiger partial charge >= 0.3 is 0 Å². The molecule has 3 rings (SSSR count). The van der Waals surface area contributed by atoms with Crippen molar-refractivity contribution < 1.29 is 0 Å². The highest BCUT2D eigenvalue weighted by atomic mass is 32.1. The average molecular weight is 391 g/mol. The van der Waals surface area contributed by atoms with Gasteiger partial charge in [0.1, 0.15) is 11.6 Å². The molecule has 0 amide bonds. The van der Waals surface area contributed by atoms with Gasteiger partial charge in [-0.3, -0.25) is 0 Å². The van der Waals surface area contributed by atoms with E-state index in [1.54, 1.807) is 0 Å². The lowest BCUT2D eigenvalue weighted by atomic mass is 10.0. The minimum atomic E-state index is 0.279. The quantitative estimate of drug-likeness (QED) is 0.759. The molecule has 6 nitrogen and oxygen atoms in total. The number of hydrogen-bond donors (Lipinski definition) is 2. The number of aromatic nitrogens is 2. The van der Waals surface area contributed by atoms with Crippen LogP contribution < -0.4 is 20.4 Å². The fourth-order valence-corrected chi connectivity index (χ4v) is 4.23. The molecular formula is C20H34N6S. The van der Waals surface area contributed by atoms with Crippen molar-refractivity contribution in [3.63, 3.8) is 0 Å². The Hall–Kier alpha value is -1.63. The van der Waals surface area contributed by atoms with Gasteiger partial charge in [-0.05, 0) is 57.7 Å². The lowest BCUT2D eigenvalue weighted by molar-refractivity contribution is 0.444. The van der Waals surface area contributed by atoms with E-state index < -0.39 is 0 Å². The summed E-state index contributed by atoms with van der Waals surface area (Å²) in [4.78, 5) is 14.4. The van der Waals surface area contributed by atoms with Gasteiger partial charge in [0.15, 0.2) is 5.11 Å². The molecule has 27 heavy (non-hydrogen) atoms. The Morgan fingerprint density at radius 2 is 1.67 bits per heavy atom. The van der Waals surface area contributed by atoms with Crippen molar-refractivity contribution >= 4 is 34.9 Å². The topological polar surface area (TPSA) is 56.3 Å². The molecule has 0 bridgehead atoms. The Bertz CT molecular complexity index is 607. The Kier molecular flexibility index (Phi) is 7.10. The maximum absolute atomic E-state index is 5.42. The van der Waals surface area contributed by atoms with Crippen LogP contribution in [0.15, 0.2) is 6.07 Å². The maximum atomic E-state index is 5.42. The van der Waals surface area contributed by atoms with Crippen LogP contribution in [-0.2, 0) is 0 Å². The molecule has 7 heteroatoms. The van der Waals surface area contributed by atoms with Crippen LogP contribution in [-0.4, -0.2) is 47.3 Å². The third-order valence-electron chi connectivity index (χ3n) is 5.26. The molecular weight excluding hydrogens is 356 g/mol. The van der Waals surface area contributed by atoms with Gasteiger partial charge in [0.05, 0.1) is 0 Å². The summed E-state index contributed by atoms with van der Waals surface area (Å²) in [6, 6.07) is 2.45. The summed E-state index contributed by atoms with van der Waals surface area (Å²) in [5.74, 6) is 3.35. The van der Waals surface area contributed by atoms with Gasteiger partial charge in [0.25, 0.3) is 0 Å². The van der Waals surface area contributed by atoms with Crippen LogP contribution in [0.1, 0.15) is 59.3 Å². The summed E-state index contributed by atoms with van der Waals surface area (Å²) in [5, 5.41) is 7.00. The van der Waals surface area contributed by atoms with Crippen LogP contribution in [0.2, 0.25) is 0 Å². The van der Waals surface area contributed by atoms with Gasteiger partial charge in [-0.25, -0.2) is 0 Å². The average Bonchev–Trinajstić information content (AvgIpc) is 2.90. The summed E-state index contributed by atoms with van der Waals surface area (Å²) in [6.07, 6.45) is 7.61. The third kappa shape index (κ3) is 5.92. The van der Waals surface area contributed by atoms with Crippen molar-refractivity contribution in [3.05, 3.63) is 6.07 Å². The molecule has 2 saturated heterocycles. The van der Waals surface area contributed by atoms with Gasteiger partial charge in [0.2, 0.25) is 5.95 Å². The predicted molar refractivity (Wildman–Crippen MR) is 118 cm³/mol. The second-order valence-electron chi connectivity index (χ2n) is 8.26. The standard InChI is InChI=1S/C20H34N6S/c1-15(2)21-20(27)24-19-22-17(25-10-6-4-5-7-11-25)13-18(23-19)26-12-8-9-16(3)14-26/h13,15-16H,4-12,14H2,1-3H3,(H2,21,22,23,24,27)/t16-/m0/s1. The lowest BCUT2D eigenvalue weighted by Gasteiger charge is -2.33. The highest BCUT2D eigenvalue weighted by molar-refractivity contribution is 7.80. The van der Waals surface area contributed by atoms with Gasteiger partial charge in [-0.1, -0.05) is 19.8 Å². The molecule has 0 unspecified atom stereocenters. The number of nitrogens with one attached hydrogen (secondary N) is 2. The number of piperidine rings is 1. The van der Waals surface area contributed by atoms with E-state index in [2.05, 4.69) is 47.3 Å². The Balaban J connectivity index is 1.85. The van der Waals surface area contributed by atoms with Gasteiger partial charge < -0.3 is 20.4 Å². The van der Waals surface area contributed by atoms with Crippen LogP contribution in [0.3, 0.4) is 0 Å². The van der Waals surface area contributed by atoms with Gasteiger partial charge in [-0.2, -0.15) is 9.97 Å². The minimum absolute atomic E-state index is 0.279. The highest BCUT2D eigenvalue weighted by Crippen LogP contribution is 2.27. The first-order valence-corrected chi connectivity index (χ1v) is 10.9. The van der Waals surface area contributed by atoms with Crippen molar-refractivity contribution in [1.29, 1.82) is 0 Å². The number of hydrogen-bond acceptors (Lipinski definition) is 5. The molecule has 2 fully saturated rings. The monoisotopic (exact) mass is 390 g/mol. The Morgan fingerprint density at radius 3 is 2.30 bits per heavy atom. The zero-order valence-electron chi connectivity index (χ0n) is 17.0. The molecule has 0 spiro atoms. The van der Waals surface area contributed by atoms with Crippen LogP contribution >= 0.6 is 12.2 Å². The van der Waals surface area contributed by atoms with Crippen molar-refractivity contribution in [2.75, 3.05) is 41.3 Å². The molecule has 1 aromatic rings. The SMILES string of the molecule is CC(C)NC(=S)Nc1nc(N2CCCCCC2)cc(N2CCC[C@H](C)C2)n1. The molecule has 1 atom stereocenters. The van der Waals surface area contributed by atoms with E-state index >= 15 is 0 Å². The van der Waals surface area contributed by atoms with Crippen molar-refractivity contribution in [3.8, 4) is 0 Å². The molecule has 2 aliphatic heterocycles. The van der Waals surface area contributed by atoms with Crippen LogP contribution in [0.5, 0.6) is 0 Å². The fraction of sp³-hybridized carbons (Fsp3) is 0.750. The number of anilines is 3. The molecule has 3 heterocycles. The minimum Gasteiger partial charge on any atom is -0.360 e. The predicted octanol–water partition coefficient (Wildman–Crippen LogP) is 3.79. The zero-order valence-corrected chi connectivity index (χ0v) is 17.8. The fourth-order valence-electron chi connectivity index (χ4n) is 3.90. The molecule has 2 aliphatic rings. The molecule has 150 valence electrons. The normalized spacial score (nSPS) is 21.1. The van der Waals surface area contributed by atoms with E-state index in [4.69, 9.17) is 22.2 Å². The Morgan fingerprint density at radius 1 is 1.04 bits per heavy atom. The second kappa shape index (κ2) is 9.53. The van der Waals surface area contributed by atoms with E-state index in [1.165, 1.54) is 38.5 Å². The van der Waals surface area contributed by atoms with Crippen molar-refractivity contribution in [2.45, 2.75) is 65.3 Å². The molecule has 0 radical (unpaired) electrons. The van der Waals surface area contributed by atoms with E-state index in [0.717, 1.165) is 37.8 Å². The van der Waals surface area contributed by atoms with E-state index in [9.17, 15) is 0 Å². The summed E-state index contributed by atoms with van der Waals surface area (Å²) < 4.78 is 0. The first-order chi connectivity index (χ1) is 13.0. The molecule has 0 aromatic carbocycles. The second-order valence-corrected chi connectivity index (χ2v) is 8.66. The molecule has 2 N–H and O–H groups in total. The Labute approximate surface area is 169 Å². The number of nitrogens with zero attached hydrogens (tertiary/aromatic N) is 4. The zero-order chi connectivity index (χ0) is 19.2. The maximum Gasteiger partial charge on any atom is 0.232 e. The lowest BCUT2D eigenvalue weighted by Crippen LogP contribution is -2.37. The summed E-state index contributed by atoms with van der Waals surface area (Å²) in [5.41, 5.74) is 0. The van der Waals surface area contributed by atoms with E-state index in [0.29, 0.717) is 17.0 Å². The van der Waals surface area contributed by atoms with E-state index in [-0.39, 0.29) is 6.04 Å². The van der Waals surface area contributed by atoms with Gasteiger partial charge in [0, 0.05) is 38.3 Å². The van der Waals surface area contributed by atoms with Gasteiger partial charge in [-0.15, -0.1) is 0 Å². The number of rotatable bonds is 4. The van der Waals surface area contributed by atoms with E-state index in [1.807, 2.05) is 0 Å². The first-order valence-electron chi connectivity index (χ1n) is 10.5. The summed E-state index contributed by atoms with van der Waals surface area (Å²) >= 11 is 5.42. The van der Waals surface area contributed by atoms with Crippen LogP contribution in [0, 0.1) is 5.92 Å². The molecule has 0 aliphatic carbocycles. The largest absolute Gasteiger partial charge is 0.360 e. The number of thiocarbonyl (C=S) groups is 1. The molecule has 0 saturated carbocycles. The van der Waals surface area contributed by atoms with Crippen LogP contribution in [0.4, 0.5) is 17.6 Å². The van der Waals surface area contributed by atoms with Crippen molar-refractivity contribution in [1.82, 2.24) is 15.3 Å². The van der Waals surface area contributed by atoms with Crippen LogP contribution in [0.25, 0.3) is 0 Å². The third-order valence-corrected chi connectivity index (χ3v) is 5.48. The highest BCUT2D eigenvalue weighted by Gasteiger charge is 2.21. The summed E-state index contributed by atoms with van der Waals surface area (Å²) in [7, 11) is 0. The molecule has 1 aromatic heterocycles. The van der Waals surface area contributed by atoms with Crippen molar-refractivity contribution in [2.24, 2.45) is 5.92 Å².